The van der Waals surface area contributed by atoms with E-state index in [-0.39, 0.29) is 6.67 Å². The Morgan fingerprint density at radius 1 is 1.08 bits per heavy atom. The summed E-state index contributed by atoms with van der Waals surface area (Å²) in [5, 5.41) is 3.16. The molecule has 2 nitrogen and oxygen atoms in total. The predicted octanol–water partition coefficient (Wildman–Crippen LogP) is 2.14. The summed E-state index contributed by atoms with van der Waals surface area (Å²) in [6, 6.07) is 0. The van der Waals surface area contributed by atoms with Crippen LogP contribution >= 0.6 is 0 Å². The Bertz CT molecular complexity index is 81.0. The standard InChI is InChI=1S/C10H22FNO/c1-2-3-9-13-10-5-8-12-7-4-6-11/h12H,2-10H2,1H3. The van der Waals surface area contributed by atoms with Crippen LogP contribution in [0.4, 0.5) is 4.39 Å². The van der Waals surface area contributed by atoms with Crippen molar-refractivity contribution in [3.63, 3.8) is 0 Å². The number of hydrogen-bond acceptors (Lipinski definition) is 2. The zero-order chi connectivity index (χ0) is 9.78. The summed E-state index contributed by atoms with van der Waals surface area (Å²) in [6.07, 6.45) is 3.98. The summed E-state index contributed by atoms with van der Waals surface area (Å²) < 4.78 is 17.0. The number of ether oxygens (including phenoxy) is 1. The molecule has 0 unspecified atom stereocenters. The highest BCUT2D eigenvalue weighted by Gasteiger charge is 1.89. The largest absolute Gasteiger partial charge is 0.381 e. The molecule has 0 radical (unpaired) electrons. The third-order valence-electron chi connectivity index (χ3n) is 1.77. The lowest BCUT2D eigenvalue weighted by Gasteiger charge is -2.04. The van der Waals surface area contributed by atoms with Gasteiger partial charge in [0.1, 0.15) is 0 Å². The molecule has 0 rings (SSSR count). The van der Waals surface area contributed by atoms with Gasteiger partial charge in [-0.1, -0.05) is 13.3 Å². The summed E-state index contributed by atoms with van der Waals surface area (Å²) in [5.41, 5.74) is 0. The zero-order valence-corrected chi connectivity index (χ0v) is 8.65. The van der Waals surface area contributed by atoms with Gasteiger partial charge in [-0.15, -0.1) is 0 Å². The lowest BCUT2D eigenvalue weighted by molar-refractivity contribution is 0.129. The molecule has 0 bridgehead atoms. The van der Waals surface area contributed by atoms with Gasteiger partial charge in [-0.2, -0.15) is 0 Å². The Kier molecular flexibility index (Phi) is 11.7. The lowest BCUT2D eigenvalue weighted by Crippen LogP contribution is -2.18. The second-order valence-electron chi connectivity index (χ2n) is 3.11. The number of halogens is 1. The first-order valence-electron chi connectivity index (χ1n) is 5.26. The molecule has 0 aliphatic carbocycles. The van der Waals surface area contributed by atoms with Gasteiger partial charge in [-0.05, 0) is 32.4 Å². The van der Waals surface area contributed by atoms with Crippen molar-refractivity contribution >= 4 is 0 Å². The molecular formula is C10H22FNO. The van der Waals surface area contributed by atoms with Crippen molar-refractivity contribution in [2.45, 2.75) is 32.6 Å². The fourth-order valence-corrected chi connectivity index (χ4v) is 0.965. The van der Waals surface area contributed by atoms with Gasteiger partial charge >= 0.3 is 0 Å². The van der Waals surface area contributed by atoms with Gasteiger partial charge in [0.05, 0.1) is 6.67 Å². The highest BCUT2D eigenvalue weighted by molar-refractivity contribution is 4.47. The van der Waals surface area contributed by atoms with E-state index in [2.05, 4.69) is 12.2 Å². The summed E-state index contributed by atoms with van der Waals surface area (Å²) >= 11 is 0. The smallest absolute Gasteiger partial charge is 0.0906 e. The van der Waals surface area contributed by atoms with Crippen LogP contribution in [0.15, 0.2) is 0 Å². The molecule has 1 N–H and O–H groups in total. The predicted molar refractivity (Wildman–Crippen MR) is 53.8 cm³/mol. The van der Waals surface area contributed by atoms with Crippen molar-refractivity contribution in [2.75, 3.05) is 33.0 Å². The van der Waals surface area contributed by atoms with Gasteiger partial charge in [-0.25, -0.2) is 0 Å². The van der Waals surface area contributed by atoms with Crippen LogP contribution in [0.3, 0.4) is 0 Å². The molecule has 3 heteroatoms. The second kappa shape index (κ2) is 11.8. The number of nitrogens with one attached hydrogen (secondary N) is 1. The molecule has 0 aromatic carbocycles. The number of alkyl halides is 1. The molecule has 0 aliphatic rings. The van der Waals surface area contributed by atoms with Crippen LogP contribution < -0.4 is 5.32 Å². The molecule has 0 aromatic rings. The van der Waals surface area contributed by atoms with E-state index in [9.17, 15) is 4.39 Å². The molecule has 0 aromatic heterocycles. The van der Waals surface area contributed by atoms with Gasteiger partial charge in [0, 0.05) is 13.2 Å². The second-order valence-corrected chi connectivity index (χ2v) is 3.11. The van der Waals surface area contributed by atoms with Crippen molar-refractivity contribution in [3.05, 3.63) is 0 Å². The lowest BCUT2D eigenvalue weighted by atomic mass is 10.3. The SMILES string of the molecule is CCCCOCCCNCCCF. The monoisotopic (exact) mass is 191 g/mol. The fourth-order valence-electron chi connectivity index (χ4n) is 0.965. The number of unbranched alkanes of at least 4 members (excludes halogenated alkanes) is 1. The highest BCUT2D eigenvalue weighted by atomic mass is 19.1. The first-order valence-corrected chi connectivity index (χ1v) is 5.26. The van der Waals surface area contributed by atoms with E-state index in [1.165, 1.54) is 6.42 Å². The van der Waals surface area contributed by atoms with E-state index in [4.69, 9.17) is 4.74 Å². The number of rotatable bonds is 10. The van der Waals surface area contributed by atoms with E-state index in [0.717, 1.165) is 39.1 Å². The molecule has 0 saturated heterocycles. The highest BCUT2D eigenvalue weighted by Crippen LogP contribution is 1.89. The molecular weight excluding hydrogens is 169 g/mol. The average molecular weight is 191 g/mol. The average Bonchev–Trinajstić information content (AvgIpc) is 2.16. The van der Waals surface area contributed by atoms with E-state index >= 15 is 0 Å². The Morgan fingerprint density at radius 3 is 2.46 bits per heavy atom. The van der Waals surface area contributed by atoms with E-state index in [0.29, 0.717) is 6.42 Å². The van der Waals surface area contributed by atoms with Crippen molar-refractivity contribution in [1.29, 1.82) is 0 Å². The molecule has 0 atom stereocenters. The van der Waals surface area contributed by atoms with Crippen molar-refractivity contribution in [2.24, 2.45) is 0 Å². The Balaban J connectivity index is 2.76. The quantitative estimate of drug-likeness (QED) is 0.534. The van der Waals surface area contributed by atoms with Gasteiger partial charge in [0.2, 0.25) is 0 Å². The van der Waals surface area contributed by atoms with Gasteiger partial charge in [-0.3, -0.25) is 4.39 Å². The molecule has 0 saturated carbocycles. The van der Waals surface area contributed by atoms with Crippen LogP contribution in [0.2, 0.25) is 0 Å². The first-order chi connectivity index (χ1) is 6.41. The third kappa shape index (κ3) is 11.9. The topological polar surface area (TPSA) is 21.3 Å². The van der Waals surface area contributed by atoms with E-state index in [1.807, 2.05) is 0 Å². The van der Waals surface area contributed by atoms with Crippen LogP contribution in [0.5, 0.6) is 0 Å². The van der Waals surface area contributed by atoms with Crippen molar-refractivity contribution in [3.8, 4) is 0 Å². The van der Waals surface area contributed by atoms with Crippen molar-refractivity contribution in [1.82, 2.24) is 5.32 Å². The fraction of sp³-hybridized carbons (Fsp3) is 1.00. The van der Waals surface area contributed by atoms with Crippen molar-refractivity contribution < 1.29 is 9.13 Å². The minimum Gasteiger partial charge on any atom is -0.381 e. The Labute approximate surface area is 80.9 Å². The van der Waals surface area contributed by atoms with Crippen LogP contribution in [-0.2, 0) is 4.74 Å². The Morgan fingerprint density at radius 2 is 1.77 bits per heavy atom. The molecule has 0 spiro atoms. The van der Waals surface area contributed by atoms with Crippen LogP contribution in [-0.4, -0.2) is 33.0 Å². The van der Waals surface area contributed by atoms with E-state index < -0.39 is 0 Å². The van der Waals surface area contributed by atoms with Crippen LogP contribution in [0.1, 0.15) is 32.6 Å². The maximum absolute atomic E-state index is 11.6. The minimum atomic E-state index is -0.222. The molecule has 0 amide bonds. The number of hydrogen-bond donors (Lipinski definition) is 1. The molecule has 0 aliphatic heterocycles. The summed E-state index contributed by atoms with van der Waals surface area (Å²) in [6.45, 7) is 5.35. The van der Waals surface area contributed by atoms with E-state index in [1.54, 1.807) is 0 Å². The minimum absolute atomic E-state index is 0.222. The third-order valence-corrected chi connectivity index (χ3v) is 1.77. The normalized spacial score (nSPS) is 10.6. The van der Waals surface area contributed by atoms with Crippen LogP contribution in [0.25, 0.3) is 0 Å². The van der Waals surface area contributed by atoms with Crippen LogP contribution in [0, 0.1) is 0 Å². The first kappa shape index (κ1) is 12.8. The molecule has 0 fully saturated rings. The zero-order valence-electron chi connectivity index (χ0n) is 8.65. The van der Waals surface area contributed by atoms with Gasteiger partial charge in [0.25, 0.3) is 0 Å². The molecule has 0 heterocycles. The van der Waals surface area contributed by atoms with Gasteiger partial charge in [0.15, 0.2) is 0 Å². The summed E-state index contributed by atoms with van der Waals surface area (Å²) in [7, 11) is 0. The maximum atomic E-state index is 11.6. The summed E-state index contributed by atoms with van der Waals surface area (Å²) in [4.78, 5) is 0. The Hall–Kier alpha value is -0.150. The van der Waals surface area contributed by atoms with Gasteiger partial charge < -0.3 is 10.1 Å². The summed E-state index contributed by atoms with van der Waals surface area (Å²) in [5.74, 6) is 0. The maximum Gasteiger partial charge on any atom is 0.0906 e. The molecule has 13 heavy (non-hydrogen) atoms. The molecule has 80 valence electrons.